The van der Waals surface area contributed by atoms with Crippen molar-refractivity contribution in [2.75, 3.05) is 5.73 Å². The minimum Gasteiger partial charge on any atom is -0.507 e. The zero-order chi connectivity index (χ0) is 22.8. The molecule has 0 bridgehead atoms. The van der Waals surface area contributed by atoms with E-state index >= 15 is 0 Å². The lowest BCUT2D eigenvalue weighted by molar-refractivity contribution is 0.0950. The maximum atomic E-state index is 12.9. The Kier molecular flexibility index (Phi) is 5.75. The summed E-state index contributed by atoms with van der Waals surface area (Å²) in [6, 6.07) is 11.3. The Bertz CT molecular complexity index is 1350. The zero-order valence-electron chi connectivity index (χ0n) is 16.3. The average molecular weight is 473 g/mol. The monoisotopic (exact) mass is 472 g/mol. The van der Waals surface area contributed by atoms with Gasteiger partial charge >= 0.3 is 0 Å². The van der Waals surface area contributed by atoms with Crippen molar-refractivity contribution >= 4 is 40.6 Å². The highest BCUT2D eigenvalue weighted by Crippen LogP contribution is 2.31. The van der Waals surface area contributed by atoms with Crippen molar-refractivity contribution in [3.05, 3.63) is 63.8 Å². The van der Waals surface area contributed by atoms with Gasteiger partial charge in [0.1, 0.15) is 11.4 Å². The number of anilines is 1. The molecule has 162 valence electrons. The van der Waals surface area contributed by atoms with Gasteiger partial charge in [-0.1, -0.05) is 46.6 Å². The zero-order valence-corrected chi connectivity index (χ0v) is 17.8. The third kappa shape index (κ3) is 3.98. The fourth-order valence-corrected chi connectivity index (χ4v) is 3.15. The molecule has 0 spiro atoms. The van der Waals surface area contributed by atoms with Crippen LogP contribution < -0.4 is 11.2 Å². The molecule has 2 aromatic heterocycles. The topological polar surface area (TPSA) is 157 Å². The molecule has 32 heavy (non-hydrogen) atoms. The summed E-state index contributed by atoms with van der Waals surface area (Å²) >= 11 is 12.2. The molecule has 0 saturated carbocycles. The van der Waals surface area contributed by atoms with E-state index in [9.17, 15) is 9.90 Å². The Hall–Kier alpha value is -3.96. The summed E-state index contributed by atoms with van der Waals surface area (Å²) in [5.41, 5.74) is 9.60. The first-order valence-corrected chi connectivity index (χ1v) is 9.75. The molecule has 4 aromatic rings. The quantitative estimate of drug-likeness (QED) is 0.295. The van der Waals surface area contributed by atoms with Gasteiger partial charge in [0.2, 0.25) is 11.6 Å². The Balaban J connectivity index is 1.75. The number of para-hydroxylation sites is 1. The number of amides is 1. The highest BCUT2D eigenvalue weighted by molar-refractivity contribution is 6.42. The van der Waals surface area contributed by atoms with Gasteiger partial charge in [-0.3, -0.25) is 4.79 Å². The number of phenolic OH excluding ortho intramolecular Hbond substituents is 1. The summed E-state index contributed by atoms with van der Waals surface area (Å²) in [5, 5.41) is 29.7. The summed E-state index contributed by atoms with van der Waals surface area (Å²) in [6.07, 6.45) is 0. The molecular weight excluding hydrogens is 459 g/mol. The number of hydrogen-bond acceptors (Lipinski definition) is 9. The van der Waals surface area contributed by atoms with Gasteiger partial charge in [-0.2, -0.15) is 9.78 Å². The molecule has 4 N–H and O–H groups in total. The number of nitrogens with one attached hydrogen (secondary N) is 1. The summed E-state index contributed by atoms with van der Waals surface area (Å²) in [6.45, 7) is 1.63. The molecule has 0 radical (unpaired) electrons. The van der Waals surface area contributed by atoms with Crippen LogP contribution in [-0.2, 0) is 0 Å². The van der Waals surface area contributed by atoms with Crippen LogP contribution in [0.3, 0.4) is 0 Å². The van der Waals surface area contributed by atoms with E-state index in [1.807, 2.05) is 0 Å². The van der Waals surface area contributed by atoms with Gasteiger partial charge < -0.3 is 10.8 Å². The molecule has 0 aliphatic heterocycles. The largest absolute Gasteiger partial charge is 0.507 e. The SMILES string of the molecule is C/C(=N/NC(=O)c1nnn(-c2nonc2N)c1-c1ccc(Cl)c(Cl)c1)c1ccccc1O. The first kappa shape index (κ1) is 21.3. The van der Waals surface area contributed by atoms with E-state index in [0.717, 1.165) is 0 Å². The number of aromatic hydroxyl groups is 1. The number of halogens is 2. The number of carbonyl (C=O) groups excluding carboxylic acids is 1. The summed E-state index contributed by atoms with van der Waals surface area (Å²) < 4.78 is 5.83. The van der Waals surface area contributed by atoms with Crippen molar-refractivity contribution in [2.24, 2.45) is 5.10 Å². The summed E-state index contributed by atoms with van der Waals surface area (Å²) in [4.78, 5) is 12.9. The first-order valence-electron chi connectivity index (χ1n) is 8.99. The van der Waals surface area contributed by atoms with Crippen molar-refractivity contribution in [3.8, 4) is 22.8 Å². The number of carbonyl (C=O) groups is 1. The van der Waals surface area contributed by atoms with Gasteiger partial charge in [-0.05, 0) is 41.5 Å². The number of nitrogens with zero attached hydrogens (tertiary/aromatic N) is 6. The molecule has 11 nitrogen and oxygen atoms in total. The molecule has 0 aliphatic carbocycles. The minimum atomic E-state index is -0.679. The number of phenols is 1. The Morgan fingerprint density at radius 2 is 1.97 bits per heavy atom. The van der Waals surface area contributed by atoms with Crippen LogP contribution in [0.4, 0.5) is 5.82 Å². The van der Waals surface area contributed by atoms with E-state index in [2.05, 4.69) is 35.8 Å². The van der Waals surface area contributed by atoms with Crippen molar-refractivity contribution in [2.45, 2.75) is 6.92 Å². The van der Waals surface area contributed by atoms with Crippen molar-refractivity contribution in [1.29, 1.82) is 0 Å². The van der Waals surface area contributed by atoms with Crippen molar-refractivity contribution in [3.63, 3.8) is 0 Å². The van der Waals surface area contributed by atoms with Crippen LogP contribution in [0.2, 0.25) is 10.0 Å². The third-order valence-corrected chi connectivity index (χ3v) is 5.13. The normalized spacial score (nSPS) is 11.5. The van der Waals surface area contributed by atoms with E-state index in [0.29, 0.717) is 21.9 Å². The summed E-state index contributed by atoms with van der Waals surface area (Å²) in [5.74, 6) is -0.676. The standard InChI is InChI=1S/C19H14Cl2N8O3/c1-9(11-4-2-3-5-14(11)30)23-25-19(31)15-16(10-6-7-12(20)13(21)8-10)29(28-24-15)18-17(22)26-32-27-18/h2-8,30H,1H3,(H2,22,26)(H,25,31)/b23-9-. The first-order chi connectivity index (χ1) is 15.4. The number of benzene rings is 2. The molecule has 13 heteroatoms. The maximum Gasteiger partial charge on any atom is 0.294 e. The Morgan fingerprint density at radius 1 is 1.19 bits per heavy atom. The van der Waals surface area contributed by atoms with Gasteiger partial charge in [0, 0.05) is 11.1 Å². The predicted octanol–water partition coefficient (Wildman–Crippen LogP) is 3.07. The minimum absolute atomic E-state index is 0.0273. The van der Waals surface area contributed by atoms with Crippen LogP contribution in [-0.4, -0.2) is 42.0 Å². The fraction of sp³-hybridized carbons (Fsp3) is 0.0526. The van der Waals surface area contributed by atoms with Crippen molar-refractivity contribution < 1.29 is 14.5 Å². The number of hydrazone groups is 1. The van der Waals surface area contributed by atoms with Gasteiger partial charge in [-0.25, -0.2) is 10.1 Å². The van der Waals surface area contributed by atoms with Gasteiger partial charge in [0.25, 0.3) is 5.91 Å². The lowest BCUT2D eigenvalue weighted by Crippen LogP contribution is -2.21. The molecule has 1 amide bonds. The lowest BCUT2D eigenvalue weighted by Gasteiger charge is -2.08. The van der Waals surface area contributed by atoms with Crippen LogP contribution in [0.15, 0.2) is 52.2 Å². The van der Waals surface area contributed by atoms with E-state index < -0.39 is 5.91 Å². The maximum absolute atomic E-state index is 12.9. The predicted molar refractivity (Wildman–Crippen MR) is 117 cm³/mol. The molecule has 0 fully saturated rings. The smallest absolute Gasteiger partial charge is 0.294 e. The lowest BCUT2D eigenvalue weighted by atomic mass is 10.1. The average Bonchev–Trinajstić information content (AvgIpc) is 3.40. The van der Waals surface area contributed by atoms with E-state index in [1.165, 1.54) is 16.8 Å². The number of hydrogen-bond donors (Lipinski definition) is 3. The Labute approximate surface area is 190 Å². The molecule has 0 unspecified atom stereocenters. The second-order valence-corrected chi connectivity index (χ2v) is 7.27. The molecule has 0 saturated heterocycles. The molecular formula is C19H14Cl2N8O3. The van der Waals surface area contributed by atoms with Gasteiger partial charge in [0.15, 0.2) is 5.69 Å². The highest BCUT2D eigenvalue weighted by Gasteiger charge is 2.25. The molecule has 4 rings (SSSR count). The van der Waals surface area contributed by atoms with Crippen LogP contribution in [0.25, 0.3) is 17.1 Å². The summed E-state index contributed by atoms with van der Waals surface area (Å²) in [7, 11) is 0. The molecule has 0 aliphatic rings. The van der Waals surface area contributed by atoms with Crippen LogP contribution in [0.5, 0.6) is 5.75 Å². The second-order valence-electron chi connectivity index (χ2n) is 6.46. The van der Waals surface area contributed by atoms with E-state index in [1.54, 1.807) is 37.3 Å². The number of aromatic nitrogens is 5. The van der Waals surface area contributed by atoms with Crippen LogP contribution >= 0.6 is 23.2 Å². The van der Waals surface area contributed by atoms with Crippen molar-refractivity contribution in [1.82, 2.24) is 30.7 Å². The van der Waals surface area contributed by atoms with Gasteiger partial charge in [0.05, 0.1) is 15.8 Å². The molecule has 2 heterocycles. The van der Waals surface area contributed by atoms with E-state index in [-0.39, 0.29) is 33.8 Å². The number of nitrogen functional groups attached to an aromatic ring is 1. The van der Waals surface area contributed by atoms with Gasteiger partial charge in [-0.15, -0.1) is 5.10 Å². The highest BCUT2D eigenvalue weighted by atomic mass is 35.5. The second kappa shape index (κ2) is 8.65. The van der Waals surface area contributed by atoms with E-state index in [4.69, 9.17) is 28.9 Å². The molecule has 0 atom stereocenters. The fourth-order valence-electron chi connectivity index (χ4n) is 2.85. The number of nitrogens with two attached hydrogens (primary N) is 1. The third-order valence-electron chi connectivity index (χ3n) is 4.39. The number of rotatable bonds is 5. The van der Waals surface area contributed by atoms with Crippen LogP contribution in [0.1, 0.15) is 23.0 Å². The Morgan fingerprint density at radius 3 is 2.66 bits per heavy atom. The molecule has 2 aromatic carbocycles. The van der Waals surface area contributed by atoms with Crippen LogP contribution in [0, 0.1) is 0 Å².